The molecule has 142 valence electrons. The average Bonchev–Trinajstić information content (AvgIpc) is 2.96. The third-order valence-corrected chi connectivity index (χ3v) is 6.77. The molecule has 3 aromatic rings. The van der Waals surface area contributed by atoms with Crippen LogP contribution in [-0.4, -0.2) is 33.3 Å². The van der Waals surface area contributed by atoms with E-state index < -0.39 is 16.1 Å². The van der Waals surface area contributed by atoms with E-state index in [0.29, 0.717) is 24.7 Å². The Kier molecular flexibility index (Phi) is 5.05. The minimum Gasteiger partial charge on any atom is -0.490 e. The van der Waals surface area contributed by atoms with E-state index in [1.165, 1.54) is 23.5 Å². The van der Waals surface area contributed by atoms with Crippen molar-refractivity contribution >= 4 is 31.4 Å². The number of rotatable bonds is 5. The summed E-state index contributed by atoms with van der Waals surface area (Å²) in [5, 5.41) is 13.3. The first kappa shape index (κ1) is 18.2. The molecule has 1 atom stereocenters. The number of sulfonamides is 1. The SMILES string of the molecule is O=S(=O)(NCC(O)c1csc2ccccc12)c1ccc2c(c1)OCCCO2. The lowest BCUT2D eigenvalue weighted by Crippen LogP contribution is -2.28. The highest BCUT2D eigenvalue weighted by Gasteiger charge is 2.21. The van der Waals surface area contributed by atoms with Gasteiger partial charge in [-0.1, -0.05) is 18.2 Å². The summed E-state index contributed by atoms with van der Waals surface area (Å²) in [6, 6.07) is 12.2. The fourth-order valence-electron chi connectivity index (χ4n) is 2.95. The van der Waals surface area contributed by atoms with Gasteiger partial charge in [0.25, 0.3) is 0 Å². The van der Waals surface area contributed by atoms with Gasteiger partial charge in [-0.15, -0.1) is 11.3 Å². The third-order valence-electron chi connectivity index (χ3n) is 4.37. The molecule has 8 heteroatoms. The second kappa shape index (κ2) is 7.47. The van der Waals surface area contributed by atoms with Crippen LogP contribution in [0.15, 0.2) is 52.7 Å². The maximum atomic E-state index is 12.6. The van der Waals surface area contributed by atoms with E-state index in [0.717, 1.165) is 22.1 Å². The zero-order chi connectivity index (χ0) is 18.9. The van der Waals surface area contributed by atoms with Gasteiger partial charge in [0.1, 0.15) is 0 Å². The summed E-state index contributed by atoms with van der Waals surface area (Å²) in [6.45, 7) is 0.906. The zero-order valence-electron chi connectivity index (χ0n) is 14.4. The van der Waals surface area contributed by atoms with Gasteiger partial charge in [-0.25, -0.2) is 13.1 Å². The van der Waals surface area contributed by atoms with Crippen LogP contribution in [0.25, 0.3) is 10.1 Å². The molecular weight excluding hydrogens is 386 g/mol. The number of ether oxygens (including phenoxy) is 2. The Morgan fingerprint density at radius 2 is 1.89 bits per heavy atom. The van der Waals surface area contributed by atoms with E-state index >= 15 is 0 Å². The summed E-state index contributed by atoms with van der Waals surface area (Å²) < 4.78 is 39.9. The van der Waals surface area contributed by atoms with Gasteiger partial charge in [-0.3, -0.25) is 0 Å². The number of hydrogen-bond donors (Lipinski definition) is 2. The first-order valence-corrected chi connectivity index (χ1v) is 10.9. The average molecular weight is 405 g/mol. The molecule has 0 radical (unpaired) electrons. The van der Waals surface area contributed by atoms with E-state index in [9.17, 15) is 13.5 Å². The number of hydrogen-bond acceptors (Lipinski definition) is 6. The van der Waals surface area contributed by atoms with Crippen molar-refractivity contribution in [1.29, 1.82) is 0 Å². The van der Waals surface area contributed by atoms with E-state index in [4.69, 9.17) is 9.47 Å². The van der Waals surface area contributed by atoms with Crippen LogP contribution in [0.1, 0.15) is 18.1 Å². The van der Waals surface area contributed by atoms with Crippen molar-refractivity contribution in [1.82, 2.24) is 4.72 Å². The van der Waals surface area contributed by atoms with Crippen LogP contribution >= 0.6 is 11.3 Å². The minimum absolute atomic E-state index is 0.0779. The maximum Gasteiger partial charge on any atom is 0.240 e. The van der Waals surface area contributed by atoms with Crippen molar-refractivity contribution in [3.05, 3.63) is 53.4 Å². The van der Waals surface area contributed by atoms with Gasteiger partial charge in [0.05, 0.1) is 24.2 Å². The largest absolute Gasteiger partial charge is 0.490 e. The van der Waals surface area contributed by atoms with Gasteiger partial charge in [0.15, 0.2) is 11.5 Å². The number of aliphatic hydroxyl groups is 1. The van der Waals surface area contributed by atoms with E-state index in [1.54, 1.807) is 6.07 Å². The van der Waals surface area contributed by atoms with Crippen LogP contribution < -0.4 is 14.2 Å². The summed E-state index contributed by atoms with van der Waals surface area (Å²) in [4.78, 5) is 0.0779. The molecule has 0 aliphatic carbocycles. The summed E-state index contributed by atoms with van der Waals surface area (Å²) in [5.41, 5.74) is 0.719. The van der Waals surface area contributed by atoms with Crippen molar-refractivity contribution in [3.8, 4) is 11.5 Å². The highest BCUT2D eigenvalue weighted by atomic mass is 32.2. The fourth-order valence-corrected chi connectivity index (χ4v) is 5.01. The molecule has 2 N–H and O–H groups in total. The molecule has 1 aromatic heterocycles. The molecule has 4 rings (SSSR count). The molecule has 1 aliphatic rings. The number of benzene rings is 2. The fraction of sp³-hybridized carbons (Fsp3) is 0.263. The Hall–Kier alpha value is -2.13. The standard InChI is InChI=1S/C19H19NO5S2/c21-16(15-12-26-19-5-2-1-4-14(15)19)11-20-27(22,23)13-6-7-17-18(10-13)25-9-3-8-24-17/h1-2,4-7,10,12,16,20-21H,3,8-9,11H2. The van der Waals surface area contributed by atoms with Crippen LogP contribution in [0.2, 0.25) is 0 Å². The van der Waals surface area contributed by atoms with Crippen LogP contribution in [0, 0.1) is 0 Å². The Balaban J connectivity index is 1.51. The van der Waals surface area contributed by atoms with Gasteiger partial charge in [0, 0.05) is 29.3 Å². The molecule has 0 spiro atoms. The zero-order valence-corrected chi connectivity index (χ0v) is 16.1. The van der Waals surface area contributed by atoms with E-state index in [2.05, 4.69) is 4.72 Å². The quantitative estimate of drug-likeness (QED) is 0.681. The van der Waals surface area contributed by atoms with Gasteiger partial charge >= 0.3 is 0 Å². The Morgan fingerprint density at radius 1 is 1.11 bits per heavy atom. The normalized spacial score (nSPS) is 15.4. The number of aliphatic hydroxyl groups excluding tert-OH is 1. The van der Waals surface area contributed by atoms with E-state index in [-0.39, 0.29) is 11.4 Å². The summed E-state index contributed by atoms with van der Waals surface area (Å²) in [5.74, 6) is 0.955. The van der Waals surface area contributed by atoms with Crippen molar-refractivity contribution in [3.63, 3.8) is 0 Å². The lowest BCUT2D eigenvalue weighted by molar-refractivity contribution is 0.184. The first-order valence-electron chi connectivity index (χ1n) is 8.58. The smallest absolute Gasteiger partial charge is 0.240 e. The second-order valence-corrected chi connectivity index (χ2v) is 8.89. The van der Waals surface area contributed by atoms with E-state index in [1.807, 2.05) is 29.6 Å². The van der Waals surface area contributed by atoms with Crippen LogP contribution in [-0.2, 0) is 10.0 Å². The molecule has 0 saturated carbocycles. The van der Waals surface area contributed by atoms with Gasteiger partial charge in [-0.2, -0.15) is 0 Å². The molecular formula is C19H19NO5S2. The lowest BCUT2D eigenvalue weighted by Gasteiger charge is -2.13. The molecule has 0 saturated heterocycles. The molecule has 0 amide bonds. The predicted molar refractivity (Wildman–Crippen MR) is 104 cm³/mol. The number of nitrogens with one attached hydrogen (secondary N) is 1. The monoisotopic (exact) mass is 405 g/mol. The molecule has 6 nitrogen and oxygen atoms in total. The molecule has 27 heavy (non-hydrogen) atoms. The second-order valence-electron chi connectivity index (χ2n) is 6.21. The highest BCUT2D eigenvalue weighted by Crippen LogP contribution is 2.32. The van der Waals surface area contributed by atoms with Crippen molar-refractivity contribution in [2.45, 2.75) is 17.4 Å². The topological polar surface area (TPSA) is 84.9 Å². The summed E-state index contributed by atoms with van der Waals surface area (Å²) in [6.07, 6.45) is -0.188. The summed E-state index contributed by atoms with van der Waals surface area (Å²) in [7, 11) is -3.79. The van der Waals surface area contributed by atoms with Crippen LogP contribution in [0.4, 0.5) is 0 Å². The molecule has 1 aliphatic heterocycles. The Bertz CT molecular complexity index is 1060. The highest BCUT2D eigenvalue weighted by molar-refractivity contribution is 7.89. The summed E-state index contributed by atoms with van der Waals surface area (Å²) >= 11 is 1.52. The van der Waals surface area contributed by atoms with Crippen molar-refractivity contribution in [2.24, 2.45) is 0 Å². The van der Waals surface area contributed by atoms with Crippen molar-refractivity contribution < 1.29 is 23.0 Å². The number of fused-ring (bicyclic) bond motifs is 2. The number of thiophene rings is 1. The molecule has 2 aromatic carbocycles. The van der Waals surface area contributed by atoms with Gasteiger partial charge in [0.2, 0.25) is 10.0 Å². The maximum absolute atomic E-state index is 12.6. The van der Waals surface area contributed by atoms with Crippen LogP contribution in [0.3, 0.4) is 0 Å². The van der Waals surface area contributed by atoms with Crippen LogP contribution in [0.5, 0.6) is 11.5 Å². The Morgan fingerprint density at radius 3 is 2.74 bits per heavy atom. The molecule has 0 bridgehead atoms. The first-order chi connectivity index (χ1) is 13.0. The third kappa shape index (κ3) is 3.79. The molecule has 2 heterocycles. The Labute approximate surface area is 161 Å². The lowest BCUT2D eigenvalue weighted by atomic mass is 10.1. The predicted octanol–water partition coefficient (Wildman–Crippen LogP) is 3.07. The molecule has 0 fully saturated rings. The molecule has 1 unspecified atom stereocenters. The van der Waals surface area contributed by atoms with Gasteiger partial charge in [-0.05, 0) is 29.0 Å². The minimum atomic E-state index is -3.79. The van der Waals surface area contributed by atoms with Gasteiger partial charge < -0.3 is 14.6 Å². The van der Waals surface area contributed by atoms with Crippen molar-refractivity contribution in [2.75, 3.05) is 19.8 Å².